The number of amides is 1. The third-order valence-corrected chi connectivity index (χ3v) is 3.23. The first-order valence-corrected chi connectivity index (χ1v) is 6.51. The van der Waals surface area contributed by atoms with Crippen LogP contribution in [-0.4, -0.2) is 54.7 Å². The monoisotopic (exact) mass is 298 g/mol. The Kier molecular flexibility index (Phi) is 4.57. The van der Waals surface area contributed by atoms with Gasteiger partial charge >= 0.3 is 5.97 Å². The lowest BCUT2D eigenvalue weighted by Crippen LogP contribution is -2.53. The van der Waals surface area contributed by atoms with Crippen molar-refractivity contribution in [3.63, 3.8) is 0 Å². The van der Waals surface area contributed by atoms with E-state index in [1.54, 1.807) is 13.0 Å². The molecule has 6 nitrogen and oxygen atoms in total. The minimum atomic E-state index is -0.728. The molecule has 1 atom stereocenters. The zero-order chi connectivity index (χ0) is 14.7. The summed E-state index contributed by atoms with van der Waals surface area (Å²) >= 11 is 5.86. The van der Waals surface area contributed by atoms with Crippen molar-refractivity contribution in [3.8, 4) is 0 Å². The molecule has 1 unspecified atom stereocenters. The summed E-state index contributed by atoms with van der Waals surface area (Å²) in [5, 5.41) is 0.247. The van der Waals surface area contributed by atoms with Crippen LogP contribution in [0.4, 0.5) is 0 Å². The molecule has 1 amide bonds. The van der Waals surface area contributed by atoms with Gasteiger partial charge in [0.1, 0.15) is 5.15 Å². The van der Waals surface area contributed by atoms with E-state index in [1.165, 1.54) is 18.1 Å². The summed E-state index contributed by atoms with van der Waals surface area (Å²) in [5.74, 6) is -0.772. The van der Waals surface area contributed by atoms with Crippen LogP contribution in [0.15, 0.2) is 12.1 Å². The van der Waals surface area contributed by atoms with Crippen molar-refractivity contribution in [2.75, 3.05) is 26.9 Å². The third kappa shape index (κ3) is 3.08. The van der Waals surface area contributed by atoms with Gasteiger partial charge in [-0.3, -0.25) is 4.79 Å². The third-order valence-electron chi connectivity index (χ3n) is 3.03. The highest BCUT2D eigenvalue weighted by Crippen LogP contribution is 2.17. The Morgan fingerprint density at radius 3 is 2.90 bits per heavy atom. The van der Waals surface area contributed by atoms with Crippen LogP contribution in [0.25, 0.3) is 0 Å². The molecule has 1 aliphatic heterocycles. The van der Waals surface area contributed by atoms with Crippen molar-refractivity contribution in [1.82, 2.24) is 9.88 Å². The molecule has 0 radical (unpaired) electrons. The van der Waals surface area contributed by atoms with E-state index < -0.39 is 12.0 Å². The largest absolute Gasteiger partial charge is 0.467 e. The number of aromatic nitrogens is 1. The quantitative estimate of drug-likeness (QED) is 0.603. The number of carbonyl (C=O) groups is 2. The van der Waals surface area contributed by atoms with E-state index in [0.29, 0.717) is 24.4 Å². The molecule has 0 bridgehead atoms. The fraction of sp³-hybridized carbons (Fsp3) is 0.462. The van der Waals surface area contributed by atoms with E-state index in [1.807, 2.05) is 0 Å². The number of halogens is 1. The molecule has 0 N–H and O–H groups in total. The zero-order valence-corrected chi connectivity index (χ0v) is 12.0. The predicted octanol–water partition coefficient (Wildman–Crippen LogP) is 1.06. The number of pyridine rings is 1. The summed E-state index contributed by atoms with van der Waals surface area (Å²) in [7, 11) is 1.28. The lowest BCUT2D eigenvalue weighted by atomic mass is 10.1. The summed E-state index contributed by atoms with van der Waals surface area (Å²) in [6.45, 7) is 2.60. The average Bonchev–Trinajstić information content (AvgIpc) is 2.44. The number of rotatable bonds is 2. The normalized spacial score (nSPS) is 18.8. The Balaban J connectivity index is 2.27. The molecular weight excluding hydrogens is 284 g/mol. The second-order valence-electron chi connectivity index (χ2n) is 4.43. The first-order chi connectivity index (χ1) is 9.52. The van der Waals surface area contributed by atoms with E-state index in [2.05, 4.69) is 4.98 Å². The van der Waals surface area contributed by atoms with Crippen LogP contribution in [0, 0.1) is 6.92 Å². The number of esters is 1. The number of nitrogens with zero attached hydrogens (tertiary/aromatic N) is 2. The average molecular weight is 299 g/mol. The zero-order valence-electron chi connectivity index (χ0n) is 11.3. The Bertz CT molecular complexity index is 515. The van der Waals surface area contributed by atoms with E-state index in [-0.39, 0.29) is 17.7 Å². The minimum absolute atomic E-state index is 0.135. The lowest BCUT2D eigenvalue weighted by molar-refractivity contribution is -0.151. The van der Waals surface area contributed by atoms with Gasteiger partial charge in [0.2, 0.25) is 0 Å². The topological polar surface area (TPSA) is 68.7 Å². The van der Waals surface area contributed by atoms with Gasteiger partial charge in [0.05, 0.1) is 20.3 Å². The standard InChI is InChI=1S/C13H15ClN2O4/c1-8-5-9(6-11(14)15-8)12(17)16-3-4-20-7-10(16)13(18)19-2/h5-6,10H,3-4,7H2,1-2H3. The van der Waals surface area contributed by atoms with Crippen molar-refractivity contribution >= 4 is 23.5 Å². The van der Waals surface area contributed by atoms with Gasteiger partial charge in [-0.15, -0.1) is 0 Å². The van der Waals surface area contributed by atoms with E-state index >= 15 is 0 Å². The Hall–Kier alpha value is -1.66. The number of methoxy groups -OCH3 is 1. The molecule has 0 spiro atoms. The van der Waals surface area contributed by atoms with Crippen LogP contribution in [0.3, 0.4) is 0 Å². The molecule has 0 aromatic carbocycles. The molecule has 7 heteroatoms. The highest BCUT2D eigenvalue weighted by atomic mass is 35.5. The van der Waals surface area contributed by atoms with Crippen molar-refractivity contribution in [3.05, 3.63) is 28.5 Å². The molecule has 1 fully saturated rings. The molecule has 1 saturated heterocycles. The van der Waals surface area contributed by atoms with Gasteiger partial charge in [-0.25, -0.2) is 9.78 Å². The second-order valence-corrected chi connectivity index (χ2v) is 4.82. The number of morpholine rings is 1. The van der Waals surface area contributed by atoms with Gasteiger partial charge in [0, 0.05) is 17.8 Å². The maximum absolute atomic E-state index is 12.5. The summed E-state index contributed by atoms with van der Waals surface area (Å²) < 4.78 is 9.94. The molecule has 2 rings (SSSR count). The summed E-state index contributed by atoms with van der Waals surface area (Å²) in [6.07, 6.45) is 0. The Labute approximate surface area is 121 Å². The van der Waals surface area contributed by atoms with E-state index in [0.717, 1.165) is 0 Å². The van der Waals surface area contributed by atoms with Crippen molar-refractivity contribution < 1.29 is 19.1 Å². The summed E-state index contributed by atoms with van der Waals surface area (Å²) in [4.78, 5) is 29.7. The first-order valence-electron chi connectivity index (χ1n) is 6.13. The molecule has 1 aromatic heterocycles. The van der Waals surface area contributed by atoms with Crippen molar-refractivity contribution in [1.29, 1.82) is 0 Å². The number of hydrogen-bond donors (Lipinski definition) is 0. The smallest absolute Gasteiger partial charge is 0.331 e. The minimum Gasteiger partial charge on any atom is -0.467 e. The number of hydrogen-bond acceptors (Lipinski definition) is 5. The fourth-order valence-corrected chi connectivity index (χ4v) is 2.35. The van der Waals surface area contributed by atoms with Crippen LogP contribution < -0.4 is 0 Å². The van der Waals surface area contributed by atoms with Crippen LogP contribution in [0.2, 0.25) is 5.15 Å². The Morgan fingerprint density at radius 1 is 1.50 bits per heavy atom. The van der Waals surface area contributed by atoms with Crippen molar-refractivity contribution in [2.45, 2.75) is 13.0 Å². The summed E-state index contributed by atoms with van der Waals surface area (Å²) in [6, 6.07) is 2.40. The molecule has 2 heterocycles. The summed E-state index contributed by atoms with van der Waals surface area (Å²) in [5.41, 5.74) is 1.04. The molecule has 108 valence electrons. The molecule has 0 saturated carbocycles. The molecule has 1 aliphatic rings. The van der Waals surface area contributed by atoms with Gasteiger partial charge < -0.3 is 14.4 Å². The van der Waals surface area contributed by atoms with Gasteiger partial charge in [0.15, 0.2) is 6.04 Å². The van der Waals surface area contributed by atoms with E-state index in [9.17, 15) is 9.59 Å². The molecule has 0 aliphatic carbocycles. The van der Waals surface area contributed by atoms with Crippen LogP contribution in [-0.2, 0) is 14.3 Å². The Morgan fingerprint density at radius 2 is 2.25 bits per heavy atom. The molecule has 20 heavy (non-hydrogen) atoms. The van der Waals surface area contributed by atoms with Gasteiger partial charge in [-0.05, 0) is 19.1 Å². The first kappa shape index (κ1) is 14.7. The van der Waals surface area contributed by atoms with Gasteiger partial charge in [-0.1, -0.05) is 11.6 Å². The van der Waals surface area contributed by atoms with Crippen LogP contribution in [0.5, 0.6) is 0 Å². The maximum Gasteiger partial charge on any atom is 0.331 e. The van der Waals surface area contributed by atoms with Gasteiger partial charge in [0.25, 0.3) is 5.91 Å². The lowest BCUT2D eigenvalue weighted by Gasteiger charge is -2.33. The molecular formula is C13H15ClN2O4. The SMILES string of the molecule is COC(=O)C1COCCN1C(=O)c1cc(C)nc(Cl)c1. The van der Waals surface area contributed by atoms with Crippen LogP contribution >= 0.6 is 11.6 Å². The maximum atomic E-state index is 12.5. The van der Waals surface area contributed by atoms with Crippen molar-refractivity contribution in [2.24, 2.45) is 0 Å². The number of aryl methyl sites for hydroxylation is 1. The highest BCUT2D eigenvalue weighted by Gasteiger charge is 2.34. The van der Waals surface area contributed by atoms with Gasteiger partial charge in [-0.2, -0.15) is 0 Å². The van der Waals surface area contributed by atoms with E-state index in [4.69, 9.17) is 21.1 Å². The predicted molar refractivity (Wildman–Crippen MR) is 71.6 cm³/mol. The van der Waals surface area contributed by atoms with Crippen LogP contribution in [0.1, 0.15) is 16.1 Å². The number of carbonyl (C=O) groups excluding carboxylic acids is 2. The highest BCUT2D eigenvalue weighted by molar-refractivity contribution is 6.29. The second kappa shape index (κ2) is 6.19. The number of ether oxygens (including phenoxy) is 2. The molecule has 1 aromatic rings. The fourth-order valence-electron chi connectivity index (χ4n) is 2.10.